The largest absolute Gasteiger partial charge is 0.378 e. The first kappa shape index (κ1) is 30.0. The Kier molecular flexibility index (Phi) is 10.2. The Labute approximate surface area is 241 Å². The molecule has 1 aromatic heterocycles. The fourth-order valence-corrected chi connectivity index (χ4v) is 6.80. The number of carbonyl (C=O) groups is 1. The number of nitrogens with zero attached hydrogens (tertiary/aromatic N) is 5. The van der Waals surface area contributed by atoms with Gasteiger partial charge in [-0.1, -0.05) is 51.6 Å². The molecule has 0 atom stereocenters. The van der Waals surface area contributed by atoms with Crippen LogP contribution in [0.3, 0.4) is 0 Å². The van der Waals surface area contributed by atoms with E-state index in [1.54, 1.807) is 18.2 Å². The number of nitrogens with one attached hydrogen (secondary N) is 1. The third kappa shape index (κ3) is 7.22. The third-order valence-electron chi connectivity index (χ3n) is 6.56. The van der Waals surface area contributed by atoms with Crippen molar-refractivity contribution >= 4 is 39.1 Å². The molecule has 0 bridgehead atoms. The monoisotopic (exact) mass is 586 g/mol. The van der Waals surface area contributed by atoms with Crippen LogP contribution in [0.2, 0.25) is 0 Å². The van der Waals surface area contributed by atoms with Crippen LogP contribution >= 0.6 is 11.8 Å². The summed E-state index contributed by atoms with van der Waals surface area (Å²) in [5, 5.41) is 12.3. The second-order valence-electron chi connectivity index (χ2n) is 9.91. The smallest absolute Gasteiger partial charge is 0.243 e. The molecule has 2 aromatic carbocycles. The molecule has 0 unspecified atom stereocenters. The number of rotatable bonds is 12. The van der Waals surface area contributed by atoms with Crippen molar-refractivity contribution in [1.29, 1.82) is 0 Å². The number of benzene rings is 2. The van der Waals surface area contributed by atoms with Crippen LogP contribution in [0.15, 0.2) is 58.6 Å². The zero-order chi connectivity index (χ0) is 28.7. The zero-order valence-electron chi connectivity index (χ0n) is 23.5. The molecule has 1 amide bonds. The highest BCUT2D eigenvalue weighted by Gasteiger charge is 2.23. The first-order valence-corrected chi connectivity index (χ1v) is 16.0. The number of aromatic nitrogens is 3. The molecule has 0 saturated carbocycles. The second-order valence-corrected chi connectivity index (χ2v) is 12.8. The minimum absolute atomic E-state index is 0.142. The van der Waals surface area contributed by atoms with Gasteiger partial charge in [0.1, 0.15) is 0 Å². The fourth-order valence-electron chi connectivity index (χ4n) is 4.55. The maximum absolute atomic E-state index is 13.1. The average Bonchev–Trinajstić information content (AvgIpc) is 3.35. The number of thioether (sulfide) groups is 1. The van der Waals surface area contributed by atoms with Crippen LogP contribution in [-0.4, -0.2) is 78.5 Å². The normalized spacial score (nSPS) is 14.2. The van der Waals surface area contributed by atoms with E-state index in [1.807, 2.05) is 48.7 Å². The van der Waals surface area contributed by atoms with Crippen molar-refractivity contribution in [3.8, 4) is 11.4 Å². The summed E-state index contributed by atoms with van der Waals surface area (Å²) in [6, 6.07) is 14.7. The number of carbonyl (C=O) groups excluding carboxylic acids is 1. The van der Waals surface area contributed by atoms with Crippen molar-refractivity contribution in [2.45, 2.75) is 44.3 Å². The highest BCUT2D eigenvalue weighted by molar-refractivity contribution is 7.99. The van der Waals surface area contributed by atoms with Crippen LogP contribution in [-0.2, 0) is 26.1 Å². The summed E-state index contributed by atoms with van der Waals surface area (Å²) in [5.74, 6) is 0.886. The van der Waals surface area contributed by atoms with Gasteiger partial charge >= 0.3 is 0 Å². The van der Waals surface area contributed by atoms with Gasteiger partial charge in [-0.2, -0.15) is 4.31 Å². The molecule has 40 heavy (non-hydrogen) atoms. The Hall–Kier alpha value is -2.93. The van der Waals surface area contributed by atoms with E-state index in [2.05, 4.69) is 34.3 Å². The van der Waals surface area contributed by atoms with Crippen molar-refractivity contribution in [2.75, 3.05) is 55.4 Å². The zero-order valence-corrected chi connectivity index (χ0v) is 25.2. The van der Waals surface area contributed by atoms with Crippen LogP contribution in [0, 0.1) is 5.92 Å². The van der Waals surface area contributed by atoms with Gasteiger partial charge in [0.05, 0.1) is 23.9 Å². The number of ether oxygens (including phenoxy) is 1. The molecule has 4 rings (SSSR count). The van der Waals surface area contributed by atoms with Crippen LogP contribution in [0.5, 0.6) is 0 Å². The molecule has 1 fully saturated rings. The molecule has 1 saturated heterocycles. The molecule has 1 aliphatic heterocycles. The highest BCUT2D eigenvalue weighted by Crippen LogP contribution is 2.28. The summed E-state index contributed by atoms with van der Waals surface area (Å²) in [4.78, 5) is 15.3. The van der Waals surface area contributed by atoms with Crippen molar-refractivity contribution in [2.24, 2.45) is 5.92 Å². The lowest BCUT2D eigenvalue weighted by Gasteiger charge is -2.28. The van der Waals surface area contributed by atoms with Crippen molar-refractivity contribution in [1.82, 2.24) is 19.1 Å². The lowest BCUT2D eigenvalue weighted by atomic mass is 10.2. The van der Waals surface area contributed by atoms with Gasteiger partial charge in [-0.3, -0.25) is 4.79 Å². The Morgan fingerprint density at radius 3 is 2.42 bits per heavy atom. The molecular weight excluding hydrogens is 548 g/mol. The summed E-state index contributed by atoms with van der Waals surface area (Å²) >= 11 is 1.31. The Morgan fingerprint density at radius 1 is 1.07 bits per heavy atom. The van der Waals surface area contributed by atoms with E-state index < -0.39 is 10.0 Å². The van der Waals surface area contributed by atoms with Gasteiger partial charge in [0, 0.05) is 49.7 Å². The molecule has 3 aromatic rings. The van der Waals surface area contributed by atoms with E-state index >= 15 is 0 Å². The Bertz CT molecular complexity index is 1380. The van der Waals surface area contributed by atoms with E-state index in [1.165, 1.54) is 16.1 Å². The summed E-state index contributed by atoms with van der Waals surface area (Å²) in [6.45, 7) is 12.4. The number of morpholine rings is 1. The Balaban J connectivity index is 1.47. The molecule has 0 radical (unpaired) electrons. The van der Waals surface area contributed by atoms with Gasteiger partial charge in [-0.15, -0.1) is 10.2 Å². The van der Waals surface area contributed by atoms with Gasteiger partial charge in [-0.05, 0) is 42.3 Å². The Morgan fingerprint density at radius 2 is 1.77 bits per heavy atom. The summed E-state index contributed by atoms with van der Waals surface area (Å²) in [5.41, 5.74) is 2.51. The van der Waals surface area contributed by atoms with E-state index in [0.717, 1.165) is 37.7 Å². The molecule has 12 heteroatoms. The first-order valence-electron chi connectivity index (χ1n) is 13.6. The predicted octanol–water partition coefficient (Wildman–Crippen LogP) is 4.20. The van der Waals surface area contributed by atoms with E-state index in [9.17, 15) is 13.2 Å². The molecular formula is C28H38N6O4S2. The minimum Gasteiger partial charge on any atom is -0.378 e. The lowest BCUT2D eigenvalue weighted by molar-refractivity contribution is -0.113. The molecule has 0 spiro atoms. The van der Waals surface area contributed by atoms with Crippen molar-refractivity contribution in [3.63, 3.8) is 0 Å². The number of amides is 1. The number of anilines is 2. The van der Waals surface area contributed by atoms with Crippen LogP contribution in [0.25, 0.3) is 11.4 Å². The number of sulfonamides is 1. The minimum atomic E-state index is -3.61. The summed E-state index contributed by atoms with van der Waals surface area (Å²) in [6.07, 6.45) is 0. The number of hydrogen-bond donors (Lipinski definition) is 1. The topological polar surface area (TPSA) is 110 Å². The predicted molar refractivity (Wildman–Crippen MR) is 159 cm³/mol. The molecule has 1 N–H and O–H groups in total. The second kappa shape index (κ2) is 13.6. The molecule has 0 aliphatic carbocycles. The van der Waals surface area contributed by atoms with Gasteiger partial charge in [-0.25, -0.2) is 8.42 Å². The lowest BCUT2D eigenvalue weighted by Crippen LogP contribution is -2.36. The van der Waals surface area contributed by atoms with Gasteiger partial charge < -0.3 is 19.5 Å². The van der Waals surface area contributed by atoms with E-state index in [-0.39, 0.29) is 22.5 Å². The van der Waals surface area contributed by atoms with Crippen LogP contribution in [0.4, 0.5) is 11.4 Å². The molecule has 216 valence electrons. The fraction of sp³-hybridized carbons (Fsp3) is 0.464. The molecule has 1 aliphatic rings. The summed E-state index contributed by atoms with van der Waals surface area (Å²) < 4.78 is 35.0. The SMILES string of the molecule is CCN(CC)S(=O)(=O)c1cccc(-c2nnc(SCC(=O)Nc3ccc(N4CCOCC4)cc3)n2CC(C)C)c1. The number of hydrogen-bond acceptors (Lipinski definition) is 8. The van der Waals surface area contributed by atoms with Crippen molar-refractivity contribution in [3.05, 3.63) is 48.5 Å². The van der Waals surface area contributed by atoms with Crippen LogP contribution in [0.1, 0.15) is 27.7 Å². The van der Waals surface area contributed by atoms with Crippen LogP contribution < -0.4 is 10.2 Å². The summed E-state index contributed by atoms with van der Waals surface area (Å²) in [7, 11) is -3.61. The maximum Gasteiger partial charge on any atom is 0.243 e. The van der Waals surface area contributed by atoms with E-state index in [4.69, 9.17) is 4.74 Å². The standard InChI is InChI=1S/C28H38N6O4S2/c1-5-33(6-2)40(36,37)25-9-7-8-22(18-25)27-30-31-28(34(27)19-21(3)4)39-20-26(35)29-23-10-12-24(13-11-23)32-14-16-38-17-15-32/h7-13,18,21H,5-6,14-17,19-20H2,1-4H3,(H,29,35). The maximum atomic E-state index is 13.1. The van der Waals surface area contributed by atoms with Gasteiger partial charge in [0.25, 0.3) is 0 Å². The van der Waals surface area contributed by atoms with Gasteiger partial charge in [0.15, 0.2) is 11.0 Å². The quantitative estimate of drug-likeness (QED) is 0.315. The van der Waals surface area contributed by atoms with Crippen molar-refractivity contribution < 1.29 is 17.9 Å². The first-order chi connectivity index (χ1) is 19.2. The highest BCUT2D eigenvalue weighted by atomic mass is 32.2. The average molecular weight is 587 g/mol. The van der Waals surface area contributed by atoms with E-state index in [0.29, 0.717) is 36.2 Å². The third-order valence-corrected chi connectivity index (χ3v) is 9.57. The molecule has 10 nitrogen and oxygen atoms in total. The molecule has 2 heterocycles. The van der Waals surface area contributed by atoms with Gasteiger partial charge in [0.2, 0.25) is 15.9 Å².